The summed E-state index contributed by atoms with van der Waals surface area (Å²) in [6, 6.07) is 6.88. The molecule has 134 valence electrons. The van der Waals surface area contributed by atoms with Crippen LogP contribution in [0.4, 0.5) is 4.39 Å². The smallest absolute Gasteiger partial charge is 0.270 e. The zero-order valence-electron chi connectivity index (χ0n) is 14.2. The number of aromatic nitrogens is 1. The van der Waals surface area contributed by atoms with E-state index in [1.54, 1.807) is 0 Å². The van der Waals surface area contributed by atoms with Gasteiger partial charge in [0, 0.05) is 12.7 Å². The molecule has 2 rings (SSSR count). The van der Waals surface area contributed by atoms with Crippen molar-refractivity contribution in [3.05, 3.63) is 59.2 Å². The lowest BCUT2D eigenvalue weighted by atomic mass is 10.1. The third-order valence-corrected chi connectivity index (χ3v) is 3.72. The van der Waals surface area contributed by atoms with Gasteiger partial charge in [0.1, 0.15) is 11.5 Å². The predicted octanol–water partition coefficient (Wildman–Crippen LogP) is 2.08. The van der Waals surface area contributed by atoms with Crippen molar-refractivity contribution in [3.8, 4) is 0 Å². The van der Waals surface area contributed by atoms with E-state index in [9.17, 15) is 19.1 Å². The summed E-state index contributed by atoms with van der Waals surface area (Å²) in [6.07, 6.45) is 0.424. The Hall–Kier alpha value is -2.67. The fraction of sp³-hybridized carbons (Fsp3) is 0.333. The van der Waals surface area contributed by atoms with Crippen molar-refractivity contribution >= 4 is 11.8 Å². The van der Waals surface area contributed by atoms with Crippen molar-refractivity contribution < 1.29 is 19.1 Å². The minimum absolute atomic E-state index is 0.0492. The lowest BCUT2D eigenvalue weighted by molar-refractivity contribution is 0.0590. The number of halogens is 1. The molecule has 7 heteroatoms. The van der Waals surface area contributed by atoms with Gasteiger partial charge in [-0.25, -0.2) is 4.39 Å². The van der Waals surface area contributed by atoms with Gasteiger partial charge < -0.3 is 20.7 Å². The molecule has 0 aliphatic rings. The standard InChI is InChI=1S/C18H22FN3O3/c1-11(2)9-22(10-16(23)12-3-5-14(19)6-4-12)18(25)15-7-13(8-21-15)17(20)24/h3-8,11,16,21,23H,9-10H2,1-2H3,(H2,20,24). The fourth-order valence-electron chi connectivity index (χ4n) is 2.51. The van der Waals surface area contributed by atoms with Gasteiger partial charge in [-0.1, -0.05) is 26.0 Å². The maximum atomic E-state index is 13.0. The van der Waals surface area contributed by atoms with E-state index in [-0.39, 0.29) is 29.6 Å². The van der Waals surface area contributed by atoms with Gasteiger partial charge in [0.15, 0.2) is 0 Å². The summed E-state index contributed by atoms with van der Waals surface area (Å²) < 4.78 is 13.0. The average molecular weight is 347 g/mol. The number of aliphatic hydroxyl groups excluding tert-OH is 1. The molecule has 0 fully saturated rings. The molecule has 2 aromatic rings. The van der Waals surface area contributed by atoms with Crippen molar-refractivity contribution in [2.75, 3.05) is 13.1 Å². The van der Waals surface area contributed by atoms with E-state index >= 15 is 0 Å². The first-order chi connectivity index (χ1) is 11.8. The predicted molar refractivity (Wildman–Crippen MR) is 91.4 cm³/mol. The number of aromatic amines is 1. The van der Waals surface area contributed by atoms with Gasteiger partial charge in [-0.3, -0.25) is 9.59 Å². The third kappa shape index (κ3) is 4.90. The Balaban J connectivity index is 2.17. The number of hydrogen-bond donors (Lipinski definition) is 3. The molecule has 6 nitrogen and oxygen atoms in total. The van der Waals surface area contributed by atoms with Gasteiger partial charge in [0.05, 0.1) is 18.2 Å². The van der Waals surface area contributed by atoms with Crippen molar-refractivity contribution in [3.63, 3.8) is 0 Å². The van der Waals surface area contributed by atoms with Crippen LogP contribution in [0.25, 0.3) is 0 Å². The molecule has 4 N–H and O–H groups in total. The second-order valence-corrected chi connectivity index (χ2v) is 6.34. The number of nitrogens with one attached hydrogen (secondary N) is 1. The normalized spacial score (nSPS) is 12.2. The second kappa shape index (κ2) is 7.94. The first-order valence-corrected chi connectivity index (χ1v) is 7.99. The molecule has 1 heterocycles. The molecule has 1 aromatic carbocycles. The minimum Gasteiger partial charge on any atom is -0.387 e. The number of H-pyrrole nitrogens is 1. The van der Waals surface area contributed by atoms with Crippen LogP contribution in [0.5, 0.6) is 0 Å². The maximum absolute atomic E-state index is 13.0. The Morgan fingerprint density at radius 2 is 1.88 bits per heavy atom. The summed E-state index contributed by atoms with van der Waals surface area (Å²) in [5.74, 6) is -1.19. The SMILES string of the molecule is CC(C)CN(CC(O)c1ccc(F)cc1)C(=O)c1cc(C(N)=O)c[nH]1. The van der Waals surface area contributed by atoms with E-state index in [4.69, 9.17) is 5.73 Å². The number of aliphatic hydroxyl groups is 1. The molecule has 2 amide bonds. The number of rotatable bonds is 7. The van der Waals surface area contributed by atoms with E-state index in [2.05, 4.69) is 4.98 Å². The molecular weight excluding hydrogens is 325 g/mol. The molecule has 0 aliphatic carbocycles. The monoisotopic (exact) mass is 347 g/mol. The number of nitrogens with two attached hydrogens (primary N) is 1. The van der Waals surface area contributed by atoms with E-state index < -0.39 is 17.8 Å². The van der Waals surface area contributed by atoms with Gasteiger partial charge in [-0.2, -0.15) is 0 Å². The van der Waals surface area contributed by atoms with Crippen molar-refractivity contribution in [1.29, 1.82) is 0 Å². The van der Waals surface area contributed by atoms with Crippen LogP contribution >= 0.6 is 0 Å². The topological polar surface area (TPSA) is 99.4 Å². The van der Waals surface area contributed by atoms with Crippen LogP contribution in [0.1, 0.15) is 46.4 Å². The van der Waals surface area contributed by atoms with Crippen molar-refractivity contribution in [1.82, 2.24) is 9.88 Å². The number of carbonyl (C=O) groups is 2. The van der Waals surface area contributed by atoms with Crippen LogP contribution in [-0.4, -0.2) is 39.9 Å². The molecule has 0 bridgehead atoms. The highest BCUT2D eigenvalue weighted by molar-refractivity contribution is 5.98. The van der Waals surface area contributed by atoms with Gasteiger partial charge in [0.25, 0.3) is 5.91 Å². The molecule has 1 unspecified atom stereocenters. The molecule has 0 spiro atoms. The zero-order chi connectivity index (χ0) is 18.6. The summed E-state index contributed by atoms with van der Waals surface area (Å²) >= 11 is 0. The number of primary amides is 1. The largest absolute Gasteiger partial charge is 0.387 e. The number of amides is 2. The van der Waals surface area contributed by atoms with E-state index in [1.165, 1.54) is 41.4 Å². The van der Waals surface area contributed by atoms with E-state index in [0.29, 0.717) is 12.1 Å². The number of benzene rings is 1. The van der Waals surface area contributed by atoms with Gasteiger partial charge in [-0.05, 0) is 29.7 Å². The second-order valence-electron chi connectivity index (χ2n) is 6.34. The fourth-order valence-corrected chi connectivity index (χ4v) is 2.51. The third-order valence-electron chi connectivity index (χ3n) is 3.72. The van der Waals surface area contributed by atoms with Crippen LogP contribution in [0.3, 0.4) is 0 Å². The van der Waals surface area contributed by atoms with Crippen molar-refractivity contribution in [2.24, 2.45) is 11.7 Å². The molecular formula is C18H22FN3O3. The summed E-state index contributed by atoms with van der Waals surface area (Å²) in [4.78, 5) is 28.1. The summed E-state index contributed by atoms with van der Waals surface area (Å²) in [7, 11) is 0. The highest BCUT2D eigenvalue weighted by Gasteiger charge is 2.22. The van der Waals surface area contributed by atoms with Crippen LogP contribution in [0.2, 0.25) is 0 Å². The lowest BCUT2D eigenvalue weighted by Crippen LogP contribution is -2.37. The lowest BCUT2D eigenvalue weighted by Gasteiger charge is -2.27. The molecule has 0 radical (unpaired) electrons. The highest BCUT2D eigenvalue weighted by Crippen LogP contribution is 2.17. The Bertz CT molecular complexity index is 740. The molecule has 0 saturated carbocycles. The quantitative estimate of drug-likeness (QED) is 0.715. The van der Waals surface area contributed by atoms with Gasteiger partial charge in [0.2, 0.25) is 5.91 Å². The number of nitrogens with zero attached hydrogens (tertiary/aromatic N) is 1. The number of carbonyl (C=O) groups excluding carboxylic acids is 2. The minimum atomic E-state index is -0.950. The van der Waals surface area contributed by atoms with Gasteiger partial charge >= 0.3 is 0 Å². The average Bonchev–Trinajstić information content (AvgIpc) is 3.04. The summed E-state index contributed by atoms with van der Waals surface area (Å²) in [5.41, 5.74) is 6.16. The first-order valence-electron chi connectivity index (χ1n) is 7.99. The Kier molecular flexibility index (Phi) is 5.93. The highest BCUT2D eigenvalue weighted by atomic mass is 19.1. The van der Waals surface area contributed by atoms with Crippen LogP contribution in [0, 0.1) is 11.7 Å². The summed E-state index contributed by atoms with van der Waals surface area (Å²) in [5, 5.41) is 10.4. The van der Waals surface area contributed by atoms with Crippen molar-refractivity contribution in [2.45, 2.75) is 20.0 Å². The van der Waals surface area contributed by atoms with E-state index in [1.807, 2.05) is 13.8 Å². The molecule has 1 atom stereocenters. The van der Waals surface area contributed by atoms with Crippen LogP contribution in [0.15, 0.2) is 36.5 Å². The molecule has 25 heavy (non-hydrogen) atoms. The van der Waals surface area contributed by atoms with Crippen LogP contribution in [-0.2, 0) is 0 Å². The first kappa shape index (κ1) is 18.7. The Morgan fingerprint density at radius 1 is 1.24 bits per heavy atom. The number of hydrogen-bond acceptors (Lipinski definition) is 3. The Morgan fingerprint density at radius 3 is 2.40 bits per heavy atom. The Labute approximate surface area is 145 Å². The zero-order valence-corrected chi connectivity index (χ0v) is 14.2. The van der Waals surface area contributed by atoms with E-state index in [0.717, 1.165) is 0 Å². The van der Waals surface area contributed by atoms with Crippen LogP contribution < -0.4 is 5.73 Å². The summed E-state index contributed by atoms with van der Waals surface area (Å²) in [6.45, 7) is 4.37. The maximum Gasteiger partial charge on any atom is 0.270 e. The molecule has 0 saturated heterocycles. The molecule has 1 aromatic heterocycles. The van der Waals surface area contributed by atoms with Gasteiger partial charge in [-0.15, -0.1) is 0 Å². The molecule has 0 aliphatic heterocycles.